The Hall–Kier alpha value is -3.52. The number of hydrogen-bond acceptors (Lipinski definition) is 6. The second-order valence-corrected chi connectivity index (χ2v) is 11.0. The number of rotatable bonds is 9. The molecule has 1 aromatic heterocycles. The maximum atomic E-state index is 13.8. The number of aryl methyl sites for hydroxylation is 1. The van der Waals surface area contributed by atoms with Gasteiger partial charge >= 0.3 is 0 Å². The fourth-order valence-electron chi connectivity index (χ4n) is 4.88. The summed E-state index contributed by atoms with van der Waals surface area (Å²) in [5.74, 6) is 1.96. The molecule has 8 heteroatoms. The average molecular weight is 535 g/mol. The van der Waals surface area contributed by atoms with Gasteiger partial charge in [0.2, 0.25) is 12.7 Å². The number of benzene rings is 2. The zero-order valence-electron chi connectivity index (χ0n) is 22.1. The molecule has 3 aromatic rings. The van der Waals surface area contributed by atoms with Gasteiger partial charge in [0, 0.05) is 23.5 Å². The van der Waals surface area contributed by atoms with E-state index in [0.717, 1.165) is 24.2 Å². The summed E-state index contributed by atoms with van der Waals surface area (Å²) >= 11 is 1.72. The first kappa shape index (κ1) is 26.1. The normalized spacial score (nSPS) is 16.6. The highest BCUT2D eigenvalue weighted by Crippen LogP contribution is 2.35. The molecule has 0 aliphatic carbocycles. The number of nitrogens with zero attached hydrogens (tertiary/aromatic N) is 2. The Labute approximate surface area is 227 Å². The van der Waals surface area contributed by atoms with Gasteiger partial charge in [-0.1, -0.05) is 38.0 Å². The summed E-state index contributed by atoms with van der Waals surface area (Å²) in [6.45, 7) is 7.85. The van der Waals surface area contributed by atoms with Gasteiger partial charge in [0.1, 0.15) is 18.9 Å². The Morgan fingerprint density at radius 2 is 1.92 bits per heavy atom. The van der Waals surface area contributed by atoms with E-state index >= 15 is 0 Å². The quantitative estimate of drug-likeness (QED) is 0.364. The monoisotopic (exact) mass is 534 g/mol. The first-order valence-corrected chi connectivity index (χ1v) is 14.0. The highest BCUT2D eigenvalue weighted by Gasteiger charge is 2.34. The van der Waals surface area contributed by atoms with Gasteiger partial charge in [-0.05, 0) is 66.6 Å². The molecule has 0 radical (unpaired) electrons. The van der Waals surface area contributed by atoms with Crippen LogP contribution in [0.15, 0.2) is 53.9 Å². The van der Waals surface area contributed by atoms with Crippen molar-refractivity contribution >= 4 is 23.2 Å². The van der Waals surface area contributed by atoms with E-state index in [1.807, 2.05) is 36.1 Å². The molecule has 2 amide bonds. The Bertz CT molecular complexity index is 1290. The van der Waals surface area contributed by atoms with Crippen molar-refractivity contribution in [3.05, 3.63) is 75.5 Å². The minimum absolute atomic E-state index is 0.0120. The van der Waals surface area contributed by atoms with Crippen LogP contribution >= 0.6 is 11.3 Å². The van der Waals surface area contributed by atoms with Crippen LogP contribution in [0.4, 0.5) is 0 Å². The zero-order valence-corrected chi connectivity index (χ0v) is 23.0. The van der Waals surface area contributed by atoms with Gasteiger partial charge in [-0.3, -0.25) is 9.59 Å². The van der Waals surface area contributed by atoms with Crippen molar-refractivity contribution < 1.29 is 23.8 Å². The van der Waals surface area contributed by atoms with Gasteiger partial charge in [-0.25, -0.2) is 0 Å². The largest absolute Gasteiger partial charge is 0.491 e. The van der Waals surface area contributed by atoms with E-state index in [1.165, 1.54) is 10.4 Å². The lowest BCUT2D eigenvalue weighted by Crippen LogP contribution is -2.48. The van der Waals surface area contributed by atoms with E-state index in [1.54, 1.807) is 34.4 Å². The third kappa shape index (κ3) is 5.65. The molecule has 2 aliphatic rings. The van der Waals surface area contributed by atoms with Gasteiger partial charge in [0.15, 0.2) is 11.5 Å². The number of amides is 2. The number of thiophene rings is 1. The first-order chi connectivity index (χ1) is 18.4. The molecule has 0 unspecified atom stereocenters. The van der Waals surface area contributed by atoms with Crippen molar-refractivity contribution in [3.8, 4) is 17.2 Å². The van der Waals surface area contributed by atoms with Crippen LogP contribution in [0.3, 0.4) is 0 Å². The zero-order chi connectivity index (χ0) is 26.6. The molecule has 2 aliphatic heterocycles. The number of fused-ring (bicyclic) bond motifs is 2. The van der Waals surface area contributed by atoms with E-state index in [0.29, 0.717) is 36.8 Å². The lowest BCUT2D eigenvalue weighted by atomic mass is 10.00. The van der Waals surface area contributed by atoms with E-state index in [4.69, 9.17) is 14.2 Å². The maximum absolute atomic E-state index is 13.8. The minimum Gasteiger partial charge on any atom is -0.491 e. The molecule has 0 fully saturated rings. The number of ether oxygens (including phenoxy) is 3. The standard InChI is InChI=1S/C30H34N2O5S/c1-4-20(2)16-31(30(34)22-7-10-26-27(15-22)37-19-36-26)17-29(33)32-13-11-28-24(12-14-38-28)25(32)18-35-23-8-5-21(3)6-9-23/h5-10,12,14-15,20,25H,4,11,13,16-19H2,1-3H3/t20-,25-/m1/s1. The van der Waals surface area contributed by atoms with Crippen LogP contribution in [0.2, 0.25) is 0 Å². The third-order valence-corrected chi connectivity index (χ3v) is 8.30. The van der Waals surface area contributed by atoms with Crippen LogP contribution in [0.1, 0.15) is 52.7 Å². The van der Waals surface area contributed by atoms with E-state index in [9.17, 15) is 9.59 Å². The number of carbonyl (C=O) groups is 2. The van der Waals surface area contributed by atoms with Crippen LogP contribution in [0, 0.1) is 12.8 Å². The van der Waals surface area contributed by atoms with Gasteiger partial charge in [0.25, 0.3) is 5.91 Å². The van der Waals surface area contributed by atoms with Crippen LogP contribution in [-0.4, -0.2) is 54.6 Å². The fourth-order valence-corrected chi connectivity index (χ4v) is 5.80. The van der Waals surface area contributed by atoms with Crippen LogP contribution in [0.25, 0.3) is 0 Å². The molecular weight excluding hydrogens is 500 g/mol. The Kier molecular flexibility index (Phi) is 7.88. The molecule has 2 aromatic carbocycles. The predicted octanol–water partition coefficient (Wildman–Crippen LogP) is 5.48. The molecule has 2 atom stereocenters. The summed E-state index contributed by atoms with van der Waals surface area (Å²) in [7, 11) is 0. The van der Waals surface area contributed by atoms with Gasteiger partial charge < -0.3 is 24.0 Å². The van der Waals surface area contributed by atoms with Gasteiger partial charge in [-0.2, -0.15) is 0 Å². The molecular formula is C30H34N2O5S. The molecule has 0 N–H and O–H groups in total. The van der Waals surface area contributed by atoms with Crippen LogP contribution < -0.4 is 14.2 Å². The van der Waals surface area contributed by atoms with Gasteiger partial charge in [0.05, 0.1) is 6.04 Å². The molecule has 3 heterocycles. The van der Waals surface area contributed by atoms with Gasteiger partial charge in [-0.15, -0.1) is 11.3 Å². The molecule has 0 saturated carbocycles. The molecule has 7 nitrogen and oxygen atoms in total. The van der Waals surface area contributed by atoms with E-state index in [-0.39, 0.29) is 37.1 Å². The molecule has 5 rings (SSSR count). The Morgan fingerprint density at radius 1 is 1.13 bits per heavy atom. The van der Waals surface area contributed by atoms with Crippen molar-refractivity contribution in [2.45, 2.75) is 39.7 Å². The first-order valence-electron chi connectivity index (χ1n) is 13.2. The topological polar surface area (TPSA) is 68.3 Å². The molecule has 200 valence electrons. The minimum atomic E-state index is -0.204. The van der Waals surface area contributed by atoms with E-state index < -0.39 is 0 Å². The van der Waals surface area contributed by atoms with Crippen molar-refractivity contribution in [2.75, 3.05) is 33.0 Å². The predicted molar refractivity (Wildman–Crippen MR) is 147 cm³/mol. The Balaban J connectivity index is 1.35. The summed E-state index contributed by atoms with van der Waals surface area (Å²) in [5.41, 5.74) is 2.79. The highest BCUT2D eigenvalue weighted by molar-refractivity contribution is 7.10. The summed E-state index contributed by atoms with van der Waals surface area (Å²) in [4.78, 5) is 32.3. The summed E-state index contributed by atoms with van der Waals surface area (Å²) < 4.78 is 17.0. The van der Waals surface area contributed by atoms with Crippen molar-refractivity contribution in [2.24, 2.45) is 5.92 Å². The molecule has 0 bridgehead atoms. The lowest BCUT2D eigenvalue weighted by molar-refractivity contribution is -0.135. The fraction of sp³-hybridized carbons (Fsp3) is 0.400. The second kappa shape index (κ2) is 11.5. The number of hydrogen-bond donors (Lipinski definition) is 0. The lowest BCUT2D eigenvalue weighted by Gasteiger charge is -2.37. The second-order valence-electron chi connectivity index (χ2n) is 10.0. The Morgan fingerprint density at radius 3 is 2.71 bits per heavy atom. The molecule has 0 spiro atoms. The number of carbonyl (C=O) groups excluding carboxylic acids is 2. The van der Waals surface area contributed by atoms with Crippen LogP contribution in [0.5, 0.6) is 17.2 Å². The summed E-state index contributed by atoms with van der Waals surface area (Å²) in [6, 6.07) is 15.0. The van der Waals surface area contributed by atoms with Crippen molar-refractivity contribution in [1.82, 2.24) is 9.80 Å². The SMILES string of the molecule is CC[C@@H](C)CN(CC(=O)N1CCc2sccc2[C@H]1COc1ccc(C)cc1)C(=O)c1ccc2c(c1)OCO2. The summed E-state index contributed by atoms with van der Waals surface area (Å²) in [5, 5.41) is 2.08. The third-order valence-electron chi connectivity index (χ3n) is 7.31. The smallest absolute Gasteiger partial charge is 0.254 e. The van der Waals surface area contributed by atoms with Crippen LogP contribution in [-0.2, 0) is 11.2 Å². The highest BCUT2D eigenvalue weighted by atomic mass is 32.1. The summed E-state index contributed by atoms with van der Waals surface area (Å²) in [6.07, 6.45) is 1.72. The van der Waals surface area contributed by atoms with Crippen molar-refractivity contribution in [1.29, 1.82) is 0 Å². The average Bonchev–Trinajstić information content (AvgIpc) is 3.60. The molecule has 38 heavy (non-hydrogen) atoms. The van der Waals surface area contributed by atoms with Crippen molar-refractivity contribution in [3.63, 3.8) is 0 Å². The van der Waals surface area contributed by atoms with E-state index in [2.05, 4.69) is 25.3 Å². The molecule has 0 saturated heterocycles. The maximum Gasteiger partial charge on any atom is 0.254 e.